The van der Waals surface area contributed by atoms with E-state index in [-0.39, 0.29) is 30.6 Å². The second-order valence-electron chi connectivity index (χ2n) is 10.0. The van der Waals surface area contributed by atoms with Crippen LogP contribution in [0.5, 0.6) is 0 Å². The molecule has 3 aromatic rings. The first-order valence-corrected chi connectivity index (χ1v) is 14.1. The lowest BCUT2D eigenvalue weighted by Crippen LogP contribution is -2.31. The van der Waals surface area contributed by atoms with Crippen LogP contribution in [0.2, 0.25) is 0 Å². The van der Waals surface area contributed by atoms with Gasteiger partial charge in [0.25, 0.3) is 0 Å². The fourth-order valence-electron chi connectivity index (χ4n) is 4.65. The molecule has 0 aliphatic heterocycles. The van der Waals surface area contributed by atoms with Crippen molar-refractivity contribution in [2.75, 3.05) is 16.0 Å². The third kappa shape index (κ3) is 10.0. The quantitative estimate of drug-likeness (QED) is 0.208. The lowest BCUT2D eigenvalue weighted by Gasteiger charge is -2.17. The largest absolute Gasteiger partial charge is 0.326 e. The Bertz CT molecular complexity index is 1190. The van der Waals surface area contributed by atoms with E-state index in [9.17, 15) is 14.4 Å². The van der Waals surface area contributed by atoms with Gasteiger partial charge in [-0.1, -0.05) is 76.4 Å². The van der Waals surface area contributed by atoms with E-state index in [4.69, 9.17) is 0 Å². The molecule has 3 aromatic carbocycles. The maximum atomic E-state index is 13.4. The van der Waals surface area contributed by atoms with Crippen LogP contribution in [0.1, 0.15) is 69.6 Å². The Morgan fingerprint density at radius 3 is 1.28 bits per heavy atom. The number of nitrogens with one attached hydrogen (secondary N) is 3. The Balaban J connectivity index is 1.73. The van der Waals surface area contributed by atoms with E-state index in [1.54, 1.807) is 0 Å². The molecule has 0 spiro atoms. The van der Waals surface area contributed by atoms with Crippen LogP contribution >= 0.6 is 0 Å². The fraction of sp³-hybridized carbons (Fsp3) is 0.364. The number of amides is 3. The van der Waals surface area contributed by atoms with Gasteiger partial charge in [-0.2, -0.15) is 0 Å². The van der Waals surface area contributed by atoms with E-state index in [0.29, 0.717) is 17.1 Å². The number of anilines is 3. The van der Waals surface area contributed by atoms with Crippen molar-refractivity contribution in [3.8, 4) is 0 Å². The molecule has 0 saturated heterocycles. The predicted octanol–water partition coefficient (Wildman–Crippen LogP) is 7.16. The van der Waals surface area contributed by atoms with Crippen molar-refractivity contribution in [2.24, 2.45) is 5.92 Å². The maximum absolute atomic E-state index is 13.4. The molecule has 206 valence electrons. The molecular formula is C33H41N3O3. The number of benzene rings is 3. The summed E-state index contributed by atoms with van der Waals surface area (Å²) in [5.74, 6) is -1.80. The van der Waals surface area contributed by atoms with Crippen molar-refractivity contribution in [2.45, 2.75) is 72.1 Å². The van der Waals surface area contributed by atoms with Crippen LogP contribution in [-0.4, -0.2) is 17.7 Å². The zero-order valence-corrected chi connectivity index (χ0v) is 23.4. The highest BCUT2D eigenvalue weighted by atomic mass is 16.2. The normalized spacial score (nSPS) is 10.8. The third-order valence-corrected chi connectivity index (χ3v) is 6.47. The Hall–Kier alpha value is -3.93. The summed E-state index contributed by atoms with van der Waals surface area (Å²) in [6, 6.07) is 23.1. The molecule has 3 N–H and O–H groups in total. The monoisotopic (exact) mass is 527 g/mol. The molecule has 0 atom stereocenters. The van der Waals surface area contributed by atoms with E-state index < -0.39 is 5.92 Å². The standard InChI is InChI=1S/C33H41N3O3/c1-4-10-24-13-7-16-28(19-24)34-31(37)22-27(33(39)36-30-18-9-15-26(21-30)12-6-3)23-32(38)35-29-17-8-14-25(20-29)11-5-2/h7-9,13-21,27H,4-6,10-12,22-23H2,1-3H3,(H,34,37)(H,35,38)(H,36,39). The van der Waals surface area contributed by atoms with Gasteiger partial charge >= 0.3 is 0 Å². The highest BCUT2D eigenvalue weighted by Crippen LogP contribution is 2.20. The first kappa shape index (κ1) is 29.6. The average Bonchev–Trinajstić information content (AvgIpc) is 2.89. The zero-order valence-electron chi connectivity index (χ0n) is 23.4. The van der Waals surface area contributed by atoms with Gasteiger partial charge in [0.2, 0.25) is 17.7 Å². The van der Waals surface area contributed by atoms with Gasteiger partial charge in [0, 0.05) is 29.9 Å². The zero-order chi connectivity index (χ0) is 28.0. The molecule has 0 bridgehead atoms. The molecule has 39 heavy (non-hydrogen) atoms. The summed E-state index contributed by atoms with van der Waals surface area (Å²) < 4.78 is 0. The summed E-state index contributed by atoms with van der Waals surface area (Å²) in [4.78, 5) is 39.4. The smallest absolute Gasteiger partial charge is 0.228 e. The molecule has 0 fully saturated rings. The van der Waals surface area contributed by atoms with E-state index >= 15 is 0 Å². The van der Waals surface area contributed by atoms with Crippen molar-refractivity contribution in [1.82, 2.24) is 0 Å². The number of hydrogen-bond donors (Lipinski definition) is 3. The minimum Gasteiger partial charge on any atom is -0.326 e. The number of rotatable bonds is 14. The van der Waals surface area contributed by atoms with Gasteiger partial charge in [-0.15, -0.1) is 0 Å². The molecule has 0 unspecified atom stereocenters. The van der Waals surface area contributed by atoms with Gasteiger partial charge < -0.3 is 16.0 Å². The van der Waals surface area contributed by atoms with Gasteiger partial charge in [-0.3, -0.25) is 14.4 Å². The Kier molecular flexibility index (Phi) is 11.8. The number of aryl methyl sites for hydroxylation is 3. The molecule has 0 saturated carbocycles. The molecule has 0 aliphatic carbocycles. The average molecular weight is 528 g/mol. The summed E-state index contributed by atoms with van der Waals surface area (Å²) in [6.45, 7) is 6.32. The van der Waals surface area contributed by atoms with Crippen LogP contribution in [0.25, 0.3) is 0 Å². The molecule has 6 nitrogen and oxygen atoms in total. The molecule has 0 aromatic heterocycles. The van der Waals surface area contributed by atoms with Crippen molar-refractivity contribution in [1.29, 1.82) is 0 Å². The van der Waals surface area contributed by atoms with E-state index in [1.165, 1.54) is 0 Å². The summed E-state index contributed by atoms with van der Waals surface area (Å²) >= 11 is 0. The van der Waals surface area contributed by atoms with Crippen LogP contribution in [0.15, 0.2) is 72.8 Å². The van der Waals surface area contributed by atoms with Crippen LogP contribution in [0.4, 0.5) is 17.1 Å². The van der Waals surface area contributed by atoms with Crippen molar-refractivity contribution < 1.29 is 14.4 Å². The summed E-state index contributed by atoms with van der Waals surface area (Å²) in [5.41, 5.74) is 5.45. The fourth-order valence-corrected chi connectivity index (χ4v) is 4.65. The topological polar surface area (TPSA) is 87.3 Å². The van der Waals surface area contributed by atoms with E-state index in [1.807, 2.05) is 72.8 Å². The minimum atomic E-state index is -0.836. The van der Waals surface area contributed by atoms with E-state index in [0.717, 1.165) is 55.2 Å². The van der Waals surface area contributed by atoms with Gasteiger partial charge in [0.05, 0.1) is 5.92 Å². The maximum Gasteiger partial charge on any atom is 0.228 e. The molecule has 0 aliphatic rings. The van der Waals surface area contributed by atoms with Crippen LogP contribution in [0, 0.1) is 5.92 Å². The second kappa shape index (κ2) is 15.5. The number of hydrogen-bond acceptors (Lipinski definition) is 3. The van der Waals surface area contributed by atoms with Gasteiger partial charge in [0.1, 0.15) is 0 Å². The lowest BCUT2D eigenvalue weighted by atomic mass is 9.98. The summed E-state index contributed by atoms with van der Waals surface area (Å²) in [6.07, 6.45) is 5.55. The van der Waals surface area contributed by atoms with Crippen molar-refractivity contribution >= 4 is 34.8 Å². The third-order valence-electron chi connectivity index (χ3n) is 6.47. The van der Waals surface area contributed by atoms with Gasteiger partial charge in [0.15, 0.2) is 0 Å². The highest BCUT2D eigenvalue weighted by molar-refractivity contribution is 6.01. The SMILES string of the molecule is CCCc1cccc(NC(=O)CC(CC(=O)Nc2cccc(CCC)c2)C(=O)Nc2cccc(CCC)c2)c1. The predicted molar refractivity (Wildman–Crippen MR) is 160 cm³/mol. The van der Waals surface area contributed by atoms with Gasteiger partial charge in [-0.05, 0) is 72.4 Å². The molecule has 3 rings (SSSR count). The van der Waals surface area contributed by atoms with Crippen molar-refractivity contribution in [3.63, 3.8) is 0 Å². The first-order valence-electron chi connectivity index (χ1n) is 14.1. The van der Waals surface area contributed by atoms with Crippen LogP contribution < -0.4 is 16.0 Å². The first-order chi connectivity index (χ1) is 18.9. The minimum absolute atomic E-state index is 0.109. The number of carbonyl (C=O) groups is 3. The Labute approximate surface area is 232 Å². The lowest BCUT2D eigenvalue weighted by molar-refractivity contribution is -0.127. The summed E-state index contributed by atoms with van der Waals surface area (Å²) in [5, 5.41) is 8.75. The number of carbonyl (C=O) groups excluding carboxylic acids is 3. The van der Waals surface area contributed by atoms with Crippen LogP contribution in [-0.2, 0) is 33.6 Å². The Morgan fingerprint density at radius 1 is 0.564 bits per heavy atom. The molecule has 0 heterocycles. The van der Waals surface area contributed by atoms with Gasteiger partial charge in [-0.25, -0.2) is 0 Å². The summed E-state index contributed by atoms with van der Waals surface area (Å²) in [7, 11) is 0. The molecule has 6 heteroatoms. The molecular weight excluding hydrogens is 486 g/mol. The Morgan fingerprint density at radius 2 is 0.923 bits per heavy atom. The highest BCUT2D eigenvalue weighted by Gasteiger charge is 2.25. The van der Waals surface area contributed by atoms with Crippen LogP contribution in [0.3, 0.4) is 0 Å². The molecule has 3 amide bonds. The van der Waals surface area contributed by atoms with Crippen molar-refractivity contribution in [3.05, 3.63) is 89.5 Å². The second-order valence-corrected chi connectivity index (χ2v) is 10.0. The molecule has 0 radical (unpaired) electrons. The van der Waals surface area contributed by atoms with E-state index in [2.05, 4.69) is 36.7 Å².